The average molecular weight is 681 g/mol. The van der Waals surface area contributed by atoms with Crippen LogP contribution in [0.3, 0.4) is 0 Å². The van der Waals surface area contributed by atoms with Crippen LogP contribution in [0, 0.1) is 5.82 Å². The van der Waals surface area contributed by atoms with Crippen molar-refractivity contribution in [2.24, 2.45) is 0 Å². The molecule has 0 radical (unpaired) electrons. The molecule has 0 fully saturated rings. The molecule has 0 unspecified atom stereocenters. The second-order valence-electron chi connectivity index (χ2n) is 10.3. The Kier molecular flexibility index (Phi) is 11.7. The van der Waals surface area contributed by atoms with Gasteiger partial charge in [-0.1, -0.05) is 89.9 Å². The molecule has 0 spiro atoms. The van der Waals surface area contributed by atoms with Crippen molar-refractivity contribution in [3.8, 4) is 0 Å². The Morgan fingerprint density at radius 3 is 2.07 bits per heavy atom. The van der Waals surface area contributed by atoms with Gasteiger partial charge in [0.2, 0.25) is 11.8 Å². The molecule has 7 nitrogen and oxygen atoms in total. The van der Waals surface area contributed by atoms with Crippen LogP contribution in [0.4, 0.5) is 10.1 Å². The molecule has 0 aromatic heterocycles. The monoisotopic (exact) mass is 679 g/mol. The molecule has 2 amide bonds. The van der Waals surface area contributed by atoms with Crippen LogP contribution >= 0.6 is 15.9 Å². The van der Waals surface area contributed by atoms with Crippen molar-refractivity contribution in [3.63, 3.8) is 0 Å². The molecule has 4 aromatic carbocycles. The minimum absolute atomic E-state index is 0.0268. The van der Waals surface area contributed by atoms with Crippen LogP contribution in [-0.2, 0) is 32.6 Å². The molecule has 1 N–H and O–H groups in total. The van der Waals surface area contributed by atoms with Crippen molar-refractivity contribution < 1.29 is 22.4 Å². The van der Waals surface area contributed by atoms with E-state index in [2.05, 4.69) is 21.2 Å². The molecular weight excluding hydrogens is 645 g/mol. The lowest BCUT2D eigenvalue weighted by atomic mass is 10.0. The zero-order valence-corrected chi connectivity index (χ0v) is 26.8. The highest BCUT2D eigenvalue weighted by atomic mass is 79.9. The summed E-state index contributed by atoms with van der Waals surface area (Å²) >= 11 is 3.38. The zero-order valence-electron chi connectivity index (χ0n) is 24.4. The number of sulfonamides is 1. The third kappa shape index (κ3) is 8.76. The summed E-state index contributed by atoms with van der Waals surface area (Å²) in [5.74, 6) is -1.36. The van der Waals surface area contributed by atoms with Gasteiger partial charge < -0.3 is 10.2 Å². The SMILES string of the molecule is CCCCNC(=O)[C@@H](Cc1ccccc1)N(Cc1ccc(F)cc1)C(=O)CN(c1ccc(Br)cc1)S(=O)(=O)c1ccccc1. The Labute approximate surface area is 266 Å². The molecule has 0 aliphatic rings. The van der Waals surface area contributed by atoms with Gasteiger partial charge in [-0.05, 0) is 66.1 Å². The van der Waals surface area contributed by atoms with Crippen LogP contribution in [0.2, 0.25) is 0 Å². The fraction of sp³-hybridized carbons (Fsp3) is 0.235. The second-order valence-corrected chi connectivity index (χ2v) is 13.1. The van der Waals surface area contributed by atoms with Crippen LogP contribution in [0.5, 0.6) is 0 Å². The second kappa shape index (κ2) is 15.6. The number of rotatable bonds is 14. The van der Waals surface area contributed by atoms with Gasteiger partial charge in [0.25, 0.3) is 10.0 Å². The number of carbonyl (C=O) groups is 2. The Bertz CT molecular complexity index is 1620. The van der Waals surface area contributed by atoms with E-state index in [9.17, 15) is 22.4 Å². The van der Waals surface area contributed by atoms with Gasteiger partial charge in [0.05, 0.1) is 10.6 Å². The van der Waals surface area contributed by atoms with Crippen LogP contribution in [-0.4, -0.2) is 44.3 Å². The largest absolute Gasteiger partial charge is 0.354 e. The highest BCUT2D eigenvalue weighted by Gasteiger charge is 2.34. The number of carbonyl (C=O) groups excluding carboxylic acids is 2. The highest BCUT2D eigenvalue weighted by molar-refractivity contribution is 9.10. The topological polar surface area (TPSA) is 86.8 Å². The average Bonchev–Trinajstić information content (AvgIpc) is 3.03. The van der Waals surface area contributed by atoms with E-state index >= 15 is 0 Å². The molecule has 0 aliphatic heterocycles. The van der Waals surface area contributed by atoms with Gasteiger partial charge in [-0.3, -0.25) is 13.9 Å². The van der Waals surface area contributed by atoms with Crippen molar-refractivity contribution in [3.05, 3.63) is 131 Å². The Morgan fingerprint density at radius 1 is 0.841 bits per heavy atom. The summed E-state index contributed by atoms with van der Waals surface area (Å²) < 4.78 is 43.5. The van der Waals surface area contributed by atoms with Gasteiger partial charge >= 0.3 is 0 Å². The maximum Gasteiger partial charge on any atom is 0.264 e. The number of nitrogens with zero attached hydrogens (tertiary/aromatic N) is 2. The normalized spacial score (nSPS) is 11.9. The fourth-order valence-corrected chi connectivity index (χ4v) is 6.40. The van der Waals surface area contributed by atoms with E-state index in [-0.39, 0.29) is 23.8 Å². The summed E-state index contributed by atoms with van der Waals surface area (Å²) in [5, 5.41) is 2.95. The van der Waals surface area contributed by atoms with Gasteiger partial charge in [0, 0.05) is 24.0 Å². The maximum absolute atomic E-state index is 14.4. The first-order valence-corrected chi connectivity index (χ1v) is 16.6. The summed E-state index contributed by atoms with van der Waals surface area (Å²) in [4.78, 5) is 29.5. The number of hydrogen-bond donors (Lipinski definition) is 1. The van der Waals surface area contributed by atoms with E-state index in [0.717, 1.165) is 27.2 Å². The lowest BCUT2D eigenvalue weighted by Gasteiger charge is -2.34. The number of unbranched alkanes of at least 4 members (excludes halogenated alkanes) is 1. The molecule has 1 atom stereocenters. The Morgan fingerprint density at radius 2 is 1.45 bits per heavy atom. The lowest BCUT2D eigenvalue weighted by molar-refractivity contribution is -0.140. The fourth-order valence-electron chi connectivity index (χ4n) is 4.70. The molecule has 0 saturated heterocycles. The number of anilines is 1. The van der Waals surface area contributed by atoms with Crippen LogP contribution in [0.25, 0.3) is 0 Å². The van der Waals surface area contributed by atoms with E-state index in [1.54, 1.807) is 54.6 Å². The predicted octanol–water partition coefficient (Wildman–Crippen LogP) is 6.34. The molecule has 4 aromatic rings. The Balaban J connectivity index is 1.77. The smallest absolute Gasteiger partial charge is 0.264 e. The lowest BCUT2D eigenvalue weighted by Crippen LogP contribution is -2.53. The molecule has 230 valence electrons. The Hall–Kier alpha value is -4.02. The van der Waals surface area contributed by atoms with Gasteiger partial charge in [0.15, 0.2) is 0 Å². The molecule has 0 aliphatic carbocycles. The van der Waals surface area contributed by atoms with Crippen LogP contribution in [0.15, 0.2) is 119 Å². The number of halogens is 2. The number of hydrogen-bond acceptors (Lipinski definition) is 4. The van der Waals surface area contributed by atoms with Crippen molar-refractivity contribution in [2.45, 2.75) is 43.7 Å². The van der Waals surface area contributed by atoms with Gasteiger partial charge in [-0.2, -0.15) is 0 Å². The first kappa shape index (κ1) is 32.9. The minimum atomic E-state index is -4.18. The molecule has 44 heavy (non-hydrogen) atoms. The van der Waals surface area contributed by atoms with E-state index in [4.69, 9.17) is 0 Å². The molecular formula is C34H35BrFN3O4S. The van der Waals surface area contributed by atoms with Crippen molar-refractivity contribution in [1.29, 1.82) is 0 Å². The number of amides is 2. The molecule has 0 heterocycles. The van der Waals surface area contributed by atoms with Gasteiger partial charge in [-0.25, -0.2) is 12.8 Å². The van der Waals surface area contributed by atoms with Crippen molar-refractivity contribution in [1.82, 2.24) is 10.2 Å². The first-order valence-electron chi connectivity index (χ1n) is 14.4. The standard InChI is InChI=1S/C34H35BrFN3O4S/c1-2-3-22-37-34(41)32(23-26-10-6-4-7-11-26)38(24-27-14-18-29(36)19-15-27)33(40)25-39(30-20-16-28(35)17-21-30)44(42,43)31-12-8-5-9-13-31/h4-21,32H,2-3,22-25H2,1H3,(H,37,41)/t32-/m1/s1. The number of benzene rings is 4. The minimum Gasteiger partial charge on any atom is -0.354 e. The van der Waals surface area contributed by atoms with E-state index in [0.29, 0.717) is 17.8 Å². The van der Waals surface area contributed by atoms with Gasteiger partial charge in [-0.15, -0.1) is 0 Å². The summed E-state index contributed by atoms with van der Waals surface area (Å²) in [6.07, 6.45) is 1.85. The summed E-state index contributed by atoms with van der Waals surface area (Å²) in [6, 6.07) is 28.6. The quantitative estimate of drug-likeness (QED) is 0.158. The molecule has 0 bridgehead atoms. The van der Waals surface area contributed by atoms with E-state index in [1.807, 2.05) is 37.3 Å². The summed E-state index contributed by atoms with van der Waals surface area (Å²) in [6.45, 7) is 1.86. The van der Waals surface area contributed by atoms with E-state index < -0.39 is 34.3 Å². The summed E-state index contributed by atoms with van der Waals surface area (Å²) in [7, 11) is -4.18. The van der Waals surface area contributed by atoms with Crippen LogP contribution in [0.1, 0.15) is 30.9 Å². The number of nitrogens with one attached hydrogen (secondary N) is 1. The van der Waals surface area contributed by atoms with Gasteiger partial charge in [0.1, 0.15) is 18.4 Å². The predicted molar refractivity (Wildman–Crippen MR) is 174 cm³/mol. The molecule has 0 saturated carbocycles. The van der Waals surface area contributed by atoms with Crippen molar-refractivity contribution in [2.75, 3.05) is 17.4 Å². The molecule has 10 heteroatoms. The summed E-state index contributed by atoms with van der Waals surface area (Å²) in [5.41, 5.74) is 1.72. The zero-order chi connectivity index (χ0) is 31.5. The van der Waals surface area contributed by atoms with Crippen LogP contribution < -0.4 is 9.62 Å². The third-order valence-electron chi connectivity index (χ3n) is 7.09. The van der Waals surface area contributed by atoms with Crippen molar-refractivity contribution >= 4 is 43.5 Å². The first-order chi connectivity index (χ1) is 21.2. The maximum atomic E-state index is 14.4. The third-order valence-corrected chi connectivity index (χ3v) is 9.41. The van der Waals surface area contributed by atoms with E-state index in [1.165, 1.54) is 29.2 Å². The molecule has 4 rings (SSSR count). The highest BCUT2D eigenvalue weighted by Crippen LogP contribution is 2.26.